The molecule has 8 heteroatoms. The summed E-state index contributed by atoms with van der Waals surface area (Å²) in [7, 11) is 1.40. The van der Waals surface area contributed by atoms with Crippen molar-refractivity contribution in [3.8, 4) is 22.1 Å². The van der Waals surface area contributed by atoms with Crippen LogP contribution in [0.5, 0.6) is 11.5 Å². The largest absolute Gasteiger partial charge is 0.493 e. The van der Waals surface area contributed by atoms with Crippen LogP contribution in [0.25, 0.3) is 10.6 Å². The van der Waals surface area contributed by atoms with Crippen LogP contribution < -0.4 is 9.47 Å². The van der Waals surface area contributed by atoms with Crippen LogP contribution in [0.3, 0.4) is 0 Å². The lowest BCUT2D eigenvalue weighted by Gasteiger charge is -2.08. The fraction of sp³-hybridized carbons (Fsp3) is 0.200. The van der Waals surface area contributed by atoms with E-state index in [2.05, 4.69) is 24.0 Å². The van der Waals surface area contributed by atoms with Gasteiger partial charge < -0.3 is 9.47 Å². The molecule has 0 amide bonds. The SMILES string of the molecule is CCc1ccc(-c2nc(CC(=O)Oc3cc([N+](=O)[O-])ccc3OC)cs2)cc1. The highest BCUT2D eigenvalue weighted by Gasteiger charge is 2.17. The number of nitrogens with zero attached hydrogens (tertiary/aromatic N) is 2. The molecular weight excluding hydrogens is 380 g/mol. The summed E-state index contributed by atoms with van der Waals surface area (Å²) >= 11 is 1.45. The number of aryl methyl sites for hydroxylation is 1. The molecule has 0 bridgehead atoms. The number of carbonyl (C=O) groups is 1. The zero-order chi connectivity index (χ0) is 20.1. The molecule has 0 aliphatic carbocycles. The Kier molecular flexibility index (Phi) is 6.00. The van der Waals surface area contributed by atoms with Crippen LogP contribution in [0.15, 0.2) is 47.8 Å². The molecule has 7 nitrogen and oxygen atoms in total. The molecule has 3 aromatic rings. The van der Waals surface area contributed by atoms with E-state index >= 15 is 0 Å². The quantitative estimate of drug-likeness (QED) is 0.253. The molecule has 0 atom stereocenters. The Bertz CT molecular complexity index is 998. The van der Waals surface area contributed by atoms with E-state index in [1.807, 2.05) is 12.1 Å². The van der Waals surface area contributed by atoms with Crippen LogP contribution in [0.2, 0.25) is 0 Å². The third-order valence-electron chi connectivity index (χ3n) is 4.07. The first-order valence-corrected chi connectivity index (χ1v) is 9.45. The van der Waals surface area contributed by atoms with E-state index in [1.54, 1.807) is 5.38 Å². The maximum absolute atomic E-state index is 12.3. The van der Waals surface area contributed by atoms with E-state index in [1.165, 1.54) is 42.2 Å². The molecule has 0 aliphatic heterocycles. The van der Waals surface area contributed by atoms with E-state index in [0.717, 1.165) is 17.0 Å². The lowest BCUT2D eigenvalue weighted by Crippen LogP contribution is -2.12. The van der Waals surface area contributed by atoms with Gasteiger partial charge in [-0.3, -0.25) is 14.9 Å². The van der Waals surface area contributed by atoms with Crippen molar-refractivity contribution in [3.63, 3.8) is 0 Å². The molecule has 0 saturated heterocycles. The van der Waals surface area contributed by atoms with Crippen LogP contribution in [-0.2, 0) is 17.6 Å². The lowest BCUT2D eigenvalue weighted by atomic mass is 10.1. The minimum absolute atomic E-state index is 0.00677. The fourth-order valence-corrected chi connectivity index (χ4v) is 3.39. The summed E-state index contributed by atoms with van der Waals surface area (Å²) < 4.78 is 10.4. The van der Waals surface area contributed by atoms with Crippen molar-refractivity contribution in [1.82, 2.24) is 4.98 Å². The van der Waals surface area contributed by atoms with E-state index < -0.39 is 10.9 Å². The first-order valence-electron chi connectivity index (χ1n) is 8.57. The zero-order valence-corrected chi connectivity index (χ0v) is 16.2. The molecule has 2 aromatic carbocycles. The van der Waals surface area contributed by atoms with Gasteiger partial charge in [-0.15, -0.1) is 11.3 Å². The van der Waals surface area contributed by atoms with Gasteiger partial charge in [-0.1, -0.05) is 31.2 Å². The topological polar surface area (TPSA) is 91.6 Å². The number of esters is 1. The van der Waals surface area contributed by atoms with Gasteiger partial charge in [0.25, 0.3) is 5.69 Å². The summed E-state index contributed by atoms with van der Waals surface area (Å²) in [4.78, 5) is 27.1. The zero-order valence-electron chi connectivity index (χ0n) is 15.4. The number of benzene rings is 2. The van der Waals surface area contributed by atoms with Gasteiger partial charge in [0.15, 0.2) is 11.5 Å². The highest BCUT2D eigenvalue weighted by atomic mass is 32.1. The van der Waals surface area contributed by atoms with Crippen molar-refractivity contribution >= 4 is 23.0 Å². The predicted molar refractivity (Wildman–Crippen MR) is 106 cm³/mol. The predicted octanol–water partition coefficient (Wildman–Crippen LogP) is 4.44. The molecule has 3 rings (SSSR count). The molecule has 0 saturated carbocycles. The number of carbonyl (C=O) groups excluding carboxylic acids is 1. The number of rotatable bonds is 7. The Morgan fingerprint density at radius 1 is 1.18 bits per heavy atom. The van der Waals surface area contributed by atoms with Gasteiger partial charge in [-0.25, -0.2) is 4.98 Å². The maximum Gasteiger partial charge on any atom is 0.317 e. The van der Waals surface area contributed by atoms with Gasteiger partial charge in [0, 0.05) is 17.0 Å². The number of hydrogen-bond acceptors (Lipinski definition) is 7. The summed E-state index contributed by atoms with van der Waals surface area (Å²) in [5.41, 5.74) is 2.63. The van der Waals surface area contributed by atoms with Crippen LogP contribution >= 0.6 is 11.3 Å². The van der Waals surface area contributed by atoms with Crippen molar-refractivity contribution < 1.29 is 19.2 Å². The van der Waals surface area contributed by atoms with Crippen molar-refractivity contribution in [3.05, 3.63) is 69.2 Å². The third-order valence-corrected chi connectivity index (χ3v) is 5.01. The summed E-state index contributed by atoms with van der Waals surface area (Å²) in [6, 6.07) is 12.0. The van der Waals surface area contributed by atoms with Crippen molar-refractivity contribution in [1.29, 1.82) is 0 Å². The fourth-order valence-electron chi connectivity index (χ4n) is 2.57. The van der Waals surface area contributed by atoms with E-state index in [-0.39, 0.29) is 23.6 Å². The number of nitro groups is 1. The van der Waals surface area contributed by atoms with Gasteiger partial charge >= 0.3 is 5.97 Å². The molecule has 0 fully saturated rings. The van der Waals surface area contributed by atoms with Crippen molar-refractivity contribution in [2.24, 2.45) is 0 Å². The molecule has 0 aliphatic rings. The van der Waals surface area contributed by atoms with Crippen molar-refractivity contribution in [2.75, 3.05) is 7.11 Å². The number of aromatic nitrogens is 1. The Morgan fingerprint density at radius 2 is 1.93 bits per heavy atom. The van der Waals surface area contributed by atoms with Gasteiger partial charge in [0.05, 0.1) is 30.2 Å². The van der Waals surface area contributed by atoms with Gasteiger partial charge in [0.2, 0.25) is 0 Å². The van der Waals surface area contributed by atoms with Gasteiger partial charge in [-0.05, 0) is 18.1 Å². The number of hydrogen-bond donors (Lipinski definition) is 0. The van der Waals surface area contributed by atoms with Crippen LogP contribution in [-0.4, -0.2) is 23.0 Å². The molecule has 0 N–H and O–H groups in total. The number of ether oxygens (including phenoxy) is 2. The smallest absolute Gasteiger partial charge is 0.317 e. The molecule has 1 heterocycles. The molecule has 0 unspecified atom stereocenters. The number of nitro benzene ring substituents is 1. The van der Waals surface area contributed by atoms with Crippen LogP contribution in [0, 0.1) is 10.1 Å². The molecule has 1 aromatic heterocycles. The molecule has 144 valence electrons. The summed E-state index contributed by atoms with van der Waals surface area (Å²) in [5, 5.41) is 13.5. The minimum Gasteiger partial charge on any atom is -0.493 e. The molecular formula is C20H18N2O5S. The third kappa shape index (κ3) is 4.52. The number of thiazole rings is 1. The summed E-state index contributed by atoms with van der Waals surface area (Å²) in [5.74, 6) is -0.321. The highest BCUT2D eigenvalue weighted by Crippen LogP contribution is 2.31. The van der Waals surface area contributed by atoms with Gasteiger partial charge in [-0.2, -0.15) is 0 Å². The normalized spacial score (nSPS) is 10.5. The second-order valence-corrected chi connectivity index (χ2v) is 6.80. The number of methoxy groups -OCH3 is 1. The van der Waals surface area contributed by atoms with E-state index in [4.69, 9.17) is 9.47 Å². The Morgan fingerprint density at radius 3 is 2.57 bits per heavy atom. The first kappa shape index (κ1) is 19.5. The lowest BCUT2D eigenvalue weighted by molar-refractivity contribution is -0.384. The summed E-state index contributed by atoms with van der Waals surface area (Å²) in [6.45, 7) is 2.10. The molecule has 28 heavy (non-hydrogen) atoms. The summed E-state index contributed by atoms with van der Waals surface area (Å²) in [6.07, 6.45) is 0.922. The minimum atomic E-state index is -0.572. The molecule has 0 spiro atoms. The monoisotopic (exact) mass is 398 g/mol. The Labute approximate surface area is 165 Å². The maximum atomic E-state index is 12.3. The Hall–Kier alpha value is -3.26. The highest BCUT2D eigenvalue weighted by molar-refractivity contribution is 7.13. The average molecular weight is 398 g/mol. The second-order valence-electron chi connectivity index (χ2n) is 5.94. The number of non-ortho nitro benzene ring substituents is 1. The van der Waals surface area contributed by atoms with Crippen LogP contribution in [0.1, 0.15) is 18.2 Å². The van der Waals surface area contributed by atoms with E-state index in [9.17, 15) is 14.9 Å². The van der Waals surface area contributed by atoms with Crippen molar-refractivity contribution in [2.45, 2.75) is 19.8 Å². The van der Waals surface area contributed by atoms with E-state index in [0.29, 0.717) is 5.69 Å². The first-order chi connectivity index (χ1) is 13.5. The molecule has 0 radical (unpaired) electrons. The standard InChI is InChI=1S/C20H18N2O5S/c1-3-13-4-6-14(7-5-13)20-21-15(12-28-20)10-19(23)27-18-11-16(22(24)25)8-9-17(18)26-2/h4-9,11-12H,3,10H2,1-2H3. The Balaban J connectivity index is 1.71. The average Bonchev–Trinajstić information content (AvgIpc) is 3.16. The van der Waals surface area contributed by atoms with Crippen LogP contribution in [0.4, 0.5) is 5.69 Å². The van der Waals surface area contributed by atoms with Gasteiger partial charge in [0.1, 0.15) is 5.01 Å². The second kappa shape index (κ2) is 8.62.